The molecule has 15 heavy (non-hydrogen) atoms. The van der Waals surface area contributed by atoms with E-state index in [9.17, 15) is 4.79 Å². The molecule has 0 unspecified atom stereocenters. The molecular weight excluding hydrogens is 188 g/mol. The maximum absolute atomic E-state index is 10.6. The summed E-state index contributed by atoms with van der Waals surface area (Å²) in [5.41, 5.74) is 7.80. The van der Waals surface area contributed by atoms with Crippen molar-refractivity contribution >= 4 is 12.1 Å². The van der Waals surface area contributed by atoms with Gasteiger partial charge in [-0.25, -0.2) is 0 Å². The number of nitrogens with two attached hydrogens (primary N) is 1. The molecule has 2 N–H and O–H groups in total. The minimum Gasteiger partial charge on any atom is -0.399 e. The van der Waals surface area contributed by atoms with Gasteiger partial charge in [0, 0.05) is 18.8 Å². The van der Waals surface area contributed by atoms with Crippen molar-refractivity contribution < 1.29 is 4.79 Å². The van der Waals surface area contributed by atoms with Crippen LogP contribution in [0.3, 0.4) is 0 Å². The van der Waals surface area contributed by atoms with E-state index in [0.717, 1.165) is 38.0 Å². The molecule has 3 heteroatoms. The number of likely N-dealkylation sites (tertiary alicyclic amines) is 1. The first-order chi connectivity index (χ1) is 7.29. The summed E-state index contributed by atoms with van der Waals surface area (Å²) in [5.74, 6) is 0.585. The number of carbonyl (C=O) groups is 1. The zero-order valence-electron chi connectivity index (χ0n) is 8.73. The van der Waals surface area contributed by atoms with Gasteiger partial charge in [-0.2, -0.15) is 0 Å². The van der Waals surface area contributed by atoms with Crippen molar-refractivity contribution in [2.75, 3.05) is 18.8 Å². The van der Waals surface area contributed by atoms with Crippen LogP contribution < -0.4 is 5.73 Å². The van der Waals surface area contributed by atoms with E-state index in [0.29, 0.717) is 5.92 Å². The van der Waals surface area contributed by atoms with E-state index in [1.807, 2.05) is 17.0 Å². The van der Waals surface area contributed by atoms with Crippen LogP contribution in [0.2, 0.25) is 0 Å². The van der Waals surface area contributed by atoms with Crippen molar-refractivity contribution in [3.63, 3.8) is 0 Å². The standard InChI is InChI=1S/C12H16N2O/c13-12-3-1-10(2-4-12)11-5-7-14(9-15)8-6-11/h1-4,9,11H,5-8,13H2. The number of benzene rings is 1. The van der Waals surface area contributed by atoms with Crippen LogP contribution in [-0.4, -0.2) is 24.4 Å². The molecule has 0 spiro atoms. The summed E-state index contributed by atoms with van der Waals surface area (Å²) in [6, 6.07) is 8.08. The first kappa shape index (κ1) is 10.0. The Bertz CT molecular complexity index is 326. The van der Waals surface area contributed by atoms with Crippen molar-refractivity contribution in [1.82, 2.24) is 4.90 Å². The Hall–Kier alpha value is -1.51. The topological polar surface area (TPSA) is 46.3 Å². The van der Waals surface area contributed by atoms with E-state index in [1.165, 1.54) is 5.56 Å². The maximum atomic E-state index is 10.6. The Balaban J connectivity index is 2.01. The summed E-state index contributed by atoms with van der Waals surface area (Å²) in [6.45, 7) is 1.75. The lowest BCUT2D eigenvalue weighted by Gasteiger charge is -2.29. The van der Waals surface area contributed by atoms with Gasteiger partial charge in [0.1, 0.15) is 0 Å². The number of nitrogens with zero attached hydrogens (tertiary/aromatic N) is 1. The van der Waals surface area contributed by atoms with Gasteiger partial charge < -0.3 is 10.6 Å². The molecular formula is C12H16N2O. The Morgan fingerprint density at radius 3 is 2.33 bits per heavy atom. The molecule has 1 fully saturated rings. The predicted molar refractivity (Wildman–Crippen MR) is 60.5 cm³/mol. The molecule has 0 saturated carbocycles. The molecule has 0 radical (unpaired) electrons. The summed E-state index contributed by atoms with van der Waals surface area (Å²) in [7, 11) is 0. The van der Waals surface area contributed by atoms with Gasteiger partial charge in [0.15, 0.2) is 0 Å². The Morgan fingerprint density at radius 2 is 1.80 bits per heavy atom. The lowest BCUT2D eigenvalue weighted by molar-refractivity contribution is -0.119. The van der Waals surface area contributed by atoms with Gasteiger partial charge in [0.2, 0.25) is 6.41 Å². The molecule has 1 heterocycles. The Morgan fingerprint density at radius 1 is 1.20 bits per heavy atom. The fraction of sp³-hybridized carbons (Fsp3) is 0.417. The van der Waals surface area contributed by atoms with Crippen molar-refractivity contribution in [3.05, 3.63) is 29.8 Å². The fourth-order valence-electron chi connectivity index (χ4n) is 2.11. The minimum absolute atomic E-state index is 0.585. The number of amides is 1. The summed E-state index contributed by atoms with van der Waals surface area (Å²) in [4.78, 5) is 12.4. The highest BCUT2D eigenvalue weighted by Gasteiger charge is 2.18. The average molecular weight is 204 g/mol. The highest BCUT2D eigenvalue weighted by Crippen LogP contribution is 2.27. The van der Waals surface area contributed by atoms with Gasteiger partial charge in [0.25, 0.3) is 0 Å². The molecule has 80 valence electrons. The number of hydrogen-bond donors (Lipinski definition) is 1. The third kappa shape index (κ3) is 2.29. The molecule has 1 aromatic carbocycles. The predicted octanol–water partition coefficient (Wildman–Crippen LogP) is 1.60. The first-order valence-corrected chi connectivity index (χ1v) is 5.34. The van der Waals surface area contributed by atoms with Crippen molar-refractivity contribution in [2.24, 2.45) is 0 Å². The van der Waals surface area contributed by atoms with E-state index in [-0.39, 0.29) is 0 Å². The van der Waals surface area contributed by atoms with Gasteiger partial charge in [-0.1, -0.05) is 12.1 Å². The van der Waals surface area contributed by atoms with Crippen molar-refractivity contribution in [2.45, 2.75) is 18.8 Å². The number of piperidine rings is 1. The molecule has 0 bridgehead atoms. The van der Waals surface area contributed by atoms with Gasteiger partial charge in [-0.3, -0.25) is 4.79 Å². The number of anilines is 1. The zero-order valence-corrected chi connectivity index (χ0v) is 8.73. The normalized spacial score (nSPS) is 17.7. The van der Waals surface area contributed by atoms with Gasteiger partial charge in [-0.05, 0) is 36.5 Å². The largest absolute Gasteiger partial charge is 0.399 e. The lowest BCUT2D eigenvalue weighted by atomic mass is 9.89. The van der Waals surface area contributed by atoms with Crippen LogP contribution in [0.5, 0.6) is 0 Å². The first-order valence-electron chi connectivity index (χ1n) is 5.34. The number of nitrogen functional groups attached to an aromatic ring is 1. The molecule has 0 atom stereocenters. The minimum atomic E-state index is 0.585. The number of carbonyl (C=O) groups excluding carboxylic acids is 1. The van der Waals surface area contributed by atoms with E-state index in [1.54, 1.807) is 0 Å². The second kappa shape index (κ2) is 4.34. The van der Waals surface area contributed by atoms with Crippen LogP contribution in [0.15, 0.2) is 24.3 Å². The molecule has 0 aliphatic carbocycles. The van der Waals surface area contributed by atoms with Crippen LogP contribution in [0.4, 0.5) is 5.69 Å². The van der Waals surface area contributed by atoms with Crippen LogP contribution in [0, 0.1) is 0 Å². The summed E-state index contributed by atoms with van der Waals surface area (Å²) < 4.78 is 0. The van der Waals surface area contributed by atoms with E-state index >= 15 is 0 Å². The van der Waals surface area contributed by atoms with E-state index in [4.69, 9.17) is 5.73 Å². The Labute approximate surface area is 89.9 Å². The van der Waals surface area contributed by atoms with Crippen molar-refractivity contribution in [1.29, 1.82) is 0 Å². The third-order valence-electron chi connectivity index (χ3n) is 3.09. The van der Waals surface area contributed by atoms with Gasteiger partial charge >= 0.3 is 0 Å². The summed E-state index contributed by atoms with van der Waals surface area (Å²) >= 11 is 0. The second-order valence-corrected chi connectivity index (χ2v) is 4.08. The van der Waals surface area contributed by atoms with Gasteiger partial charge in [0.05, 0.1) is 0 Å². The Kier molecular flexibility index (Phi) is 2.90. The second-order valence-electron chi connectivity index (χ2n) is 4.08. The van der Waals surface area contributed by atoms with E-state index < -0.39 is 0 Å². The third-order valence-corrected chi connectivity index (χ3v) is 3.09. The maximum Gasteiger partial charge on any atom is 0.209 e. The van der Waals surface area contributed by atoms with Crippen LogP contribution in [0.1, 0.15) is 24.3 Å². The molecule has 3 nitrogen and oxygen atoms in total. The van der Waals surface area contributed by atoms with Crippen LogP contribution in [0.25, 0.3) is 0 Å². The molecule has 1 saturated heterocycles. The van der Waals surface area contributed by atoms with E-state index in [2.05, 4.69) is 12.1 Å². The molecule has 1 amide bonds. The average Bonchev–Trinajstić information content (AvgIpc) is 2.30. The molecule has 1 aliphatic heterocycles. The SMILES string of the molecule is Nc1ccc(C2CCN(C=O)CC2)cc1. The summed E-state index contributed by atoms with van der Waals surface area (Å²) in [6.07, 6.45) is 3.06. The highest BCUT2D eigenvalue weighted by molar-refractivity contribution is 5.47. The quantitative estimate of drug-likeness (QED) is 0.587. The van der Waals surface area contributed by atoms with Crippen LogP contribution in [-0.2, 0) is 4.79 Å². The molecule has 1 aromatic rings. The lowest BCUT2D eigenvalue weighted by Crippen LogP contribution is -2.31. The monoisotopic (exact) mass is 204 g/mol. The van der Waals surface area contributed by atoms with Gasteiger partial charge in [-0.15, -0.1) is 0 Å². The van der Waals surface area contributed by atoms with Crippen LogP contribution >= 0.6 is 0 Å². The molecule has 1 aliphatic rings. The molecule has 0 aromatic heterocycles. The van der Waals surface area contributed by atoms with Crippen molar-refractivity contribution in [3.8, 4) is 0 Å². The fourth-order valence-corrected chi connectivity index (χ4v) is 2.11. The smallest absolute Gasteiger partial charge is 0.209 e. The number of hydrogen-bond acceptors (Lipinski definition) is 2. The highest BCUT2D eigenvalue weighted by atomic mass is 16.1. The molecule has 2 rings (SSSR count). The summed E-state index contributed by atoms with van der Waals surface area (Å²) in [5, 5.41) is 0. The zero-order chi connectivity index (χ0) is 10.7. The number of rotatable bonds is 2.